The van der Waals surface area contributed by atoms with Crippen molar-refractivity contribution in [1.82, 2.24) is 0 Å². The molecule has 0 aromatic heterocycles. The van der Waals surface area contributed by atoms with Crippen LogP contribution in [0.15, 0.2) is 42.5 Å². The molecule has 0 saturated carbocycles. The van der Waals surface area contributed by atoms with Crippen molar-refractivity contribution in [2.45, 2.75) is 0 Å². The number of rotatable bonds is 4. The Morgan fingerprint density at radius 2 is 1.86 bits per heavy atom. The summed E-state index contributed by atoms with van der Waals surface area (Å²) in [6.07, 6.45) is 2.35. The number of benzene rings is 2. The molecule has 0 aliphatic carbocycles. The highest BCUT2D eigenvalue weighted by Gasteiger charge is 2.13. The molecule has 112 valence electrons. The smallest absolute Gasteiger partial charge is 0.311 e. The maximum atomic E-state index is 13.0. The van der Waals surface area contributed by atoms with Crippen LogP contribution in [0.2, 0.25) is 0 Å². The Kier molecular flexibility index (Phi) is 4.26. The number of hydrogen-bond donors (Lipinski definition) is 1. The Labute approximate surface area is 123 Å². The number of phenolic OH excluding ortho intramolecular Hbond substituents is 1. The van der Waals surface area contributed by atoms with Gasteiger partial charge < -0.3 is 5.11 Å². The molecule has 0 unspecified atom stereocenters. The summed E-state index contributed by atoms with van der Waals surface area (Å²) in [6, 6.07) is 6.31. The molecule has 1 N–H and O–H groups in total. The third-order valence-electron chi connectivity index (χ3n) is 2.83. The molecule has 5 nitrogen and oxygen atoms in total. The van der Waals surface area contributed by atoms with Gasteiger partial charge in [0.1, 0.15) is 0 Å². The summed E-state index contributed by atoms with van der Waals surface area (Å²) in [5.74, 6) is -3.28. The molecule has 0 aliphatic heterocycles. The molecule has 0 saturated heterocycles. The number of halogens is 2. The molecule has 0 bridgehead atoms. The lowest BCUT2D eigenvalue weighted by atomic mass is 10.1. The van der Waals surface area contributed by atoms with Crippen molar-refractivity contribution < 1.29 is 23.6 Å². The average Bonchev–Trinajstić information content (AvgIpc) is 2.48. The van der Waals surface area contributed by atoms with E-state index in [1.54, 1.807) is 0 Å². The van der Waals surface area contributed by atoms with Gasteiger partial charge in [0.05, 0.1) is 4.92 Å². The highest BCUT2D eigenvalue weighted by molar-refractivity contribution is 6.06. The number of ketones is 1. The highest BCUT2D eigenvalue weighted by Crippen LogP contribution is 2.26. The van der Waals surface area contributed by atoms with Gasteiger partial charge in [-0.3, -0.25) is 14.9 Å². The summed E-state index contributed by atoms with van der Waals surface area (Å²) in [5, 5.41) is 20.0. The summed E-state index contributed by atoms with van der Waals surface area (Å²) < 4.78 is 25.8. The first-order valence-corrected chi connectivity index (χ1v) is 6.03. The van der Waals surface area contributed by atoms with E-state index in [1.165, 1.54) is 12.1 Å². The molecule has 0 radical (unpaired) electrons. The van der Waals surface area contributed by atoms with Crippen LogP contribution < -0.4 is 0 Å². The van der Waals surface area contributed by atoms with Crippen molar-refractivity contribution in [2.75, 3.05) is 0 Å². The summed E-state index contributed by atoms with van der Waals surface area (Å²) >= 11 is 0. The van der Waals surface area contributed by atoms with Gasteiger partial charge in [-0.2, -0.15) is 0 Å². The molecule has 7 heteroatoms. The Hall–Kier alpha value is -3.09. The number of carbonyl (C=O) groups is 1. The normalized spacial score (nSPS) is 10.8. The van der Waals surface area contributed by atoms with Crippen LogP contribution in [0.1, 0.15) is 15.9 Å². The second-order valence-electron chi connectivity index (χ2n) is 4.33. The van der Waals surface area contributed by atoms with E-state index in [-0.39, 0.29) is 5.56 Å². The molecular weight excluding hydrogens is 296 g/mol. The van der Waals surface area contributed by atoms with E-state index in [1.807, 2.05) is 0 Å². The van der Waals surface area contributed by atoms with Gasteiger partial charge in [0.25, 0.3) is 0 Å². The zero-order valence-corrected chi connectivity index (χ0v) is 11.0. The van der Waals surface area contributed by atoms with Crippen LogP contribution in [-0.2, 0) is 0 Å². The molecular formula is C15H9F2NO4. The van der Waals surface area contributed by atoms with E-state index in [9.17, 15) is 28.8 Å². The summed E-state index contributed by atoms with van der Waals surface area (Å²) in [6.45, 7) is 0. The Morgan fingerprint density at radius 1 is 1.14 bits per heavy atom. The van der Waals surface area contributed by atoms with Crippen molar-refractivity contribution in [3.63, 3.8) is 0 Å². The first kappa shape index (κ1) is 15.3. The van der Waals surface area contributed by atoms with E-state index in [0.29, 0.717) is 5.56 Å². The third kappa shape index (κ3) is 3.32. The molecule has 2 aromatic rings. The van der Waals surface area contributed by atoms with E-state index >= 15 is 0 Å². The number of nitro groups is 1. The zero-order chi connectivity index (χ0) is 16.3. The zero-order valence-electron chi connectivity index (χ0n) is 11.0. The molecule has 0 atom stereocenters. The maximum Gasteiger partial charge on any atom is 0.311 e. The standard InChI is InChI=1S/C15H9F2NO4/c16-11-4-3-10(8-12(11)17)14(19)5-1-9-2-6-15(20)13(7-9)18(21)22/h1-8,20H/b5-1+. The van der Waals surface area contributed by atoms with Gasteiger partial charge >= 0.3 is 5.69 Å². The maximum absolute atomic E-state index is 13.0. The van der Waals surface area contributed by atoms with Crippen molar-refractivity contribution in [1.29, 1.82) is 0 Å². The number of nitrogens with zero attached hydrogens (tertiary/aromatic N) is 1. The van der Waals surface area contributed by atoms with E-state index in [4.69, 9.17) is 0 Å². The SMILES string of the molecule is O=C(/C=C/c1ccc(O)c([N+](=O)[O-])c1)c1ccc(F)c(F)c1. The van der Waals surface area contributed by atoms with Crippen LogP contribution in [0.25, 0.3) is 6.08 Å². The van der Waals surface area contributed by atoms with Crippen LogP contribution in [0.3, 0.4) is 0 Å². The largest absolute Gasteiger partial charge is 0.502 e. The van der Waals surface area contributed by atoms with Crippen LogP contribution in [0.5, 0.6) is 5.75 Å². The fourth-order valence-electron chi connectivity index (χ4n) is 1.71. The van der Waals surface area contributed by atoms with Gasteiger partial charge in [0.15, 0.2) is 23.2 Å². The molecule has 0 aliphatic rings. The van der Waals surface area contributed by atoms with Gasteiger partial charge in [-0.1, -0.05) is 12.1 Å². The number of hydrogen-bond acceptors (Lipinski definition) is 4. The average molecular weight is 305 g/mol. The molecule has 2 rings (SSSR count). The number of aromatic hydroxyl groups is 1. The first-order chi connectivity index (χ1) is 10.4. The Balaban J connectivity index is 2.24. The summed E-state index contributed by atoms with van der Waals surface area (Å²) in [4.78, 5) is 21.7. The fourth-order valence-corrected chi connectivity index (χ4v) is 1.71. The lowest BCUT2D eigenvalue weighted by molar-refractivity contribution is -0.385. The van der Waals surface area contributed by atoms with Crippen molar-refractivity contribution >= 4 is 17.5 Å². The first-order valence-electron chi connectivity index (χ1n) is 6.03. The predicted molar refractivity (Wildman–Crippen MR) is 74.5 cm³/mol. The number of allylic oxidation sites excluding steroid dienone is 1. The van der Waals surface area contributed by atoms with Crippen molar-refractivity contribution in [3.8, 4) is 5.75 Å². The van der Waals surface area contributed by atoms with E-state index in [0.717, 1.165) is 36.4 Å². The minimum Gasteiger partial charge on any atom is -0.502 e. The quantitative estimate of drug-likeness (QED) is 0.406. The molecule has 0 spiro atoms. The minimum atomic E-state index is -1.14. The predicted octanol–water partition coefficient (Wildman–Crippen LogP) is 3.47. The van der Waals surface area contributed by atoms with Crippen LogP contribution in [-0.4, -0.2) is 15.8 Å². The number of phenols is 1. The Bertz CT molecular complexity index is 787. The van der Waals surface area contributed by atoms with Gasteiger partial charge in [-0.05, 0) is 35.9 Å². The van der Waals surface area contributed by atoms with Gasteiger partial charge in [0, 0.05) is 11.6 Å². The fraction of sp³-hybridized carbons (Fsp3) is 0. The molecule has 0 fully saturated rings. The highest BCUT2D eigenvalue weighted by atomic mass is 19.2. The molecule has 0 heterocycles. The van der Waals surface area contributed by atoms with E-state index < -0.39 is 33.8 Å². The number of nitro benzene ring substituents is 1. The van der Waals surface area contributed by atoms with Crippen LogP contribution >= 0.6 is 0 Å². The van der Waals surface area contributed by atoms with Gasteiger partial charge in [-0.25, -0.2) is 8.78 Å². The lowest BCUT2D eigenvalue weighted by Crippen LogP contribution is -1.96. The third-order valence-corrected chi connectivity index (χ3v) is 2.83. The van der Waals surface area contributed by atoms with Crippen molar-refractivity contribution in [2.24, 2.45) is 0 Å². The second-order valence-corrected chi connectivity index (χ2v) is 4.33. The minimum absolute atomic E-state index is 0.0524. The lowest BCUT2D eigenvalue weighted by Gasteiger charge is -1.99. The van der Waals surface area contributed by atoms with Gasteiger partial charge in [0.2, 0.25) is 0 Å². The topological polar surface area (TPSA) is 80.4 Å². The van der Waals surface area contributed by atoms with Gasteiger partial charge in [-0.15, -0.1) is 0 Å². The van der Waals surface area contributed by atoms with E-state index in [2.05, 4.69) is 0 Å². The summed E-state index contributed by atoms with van der Waals surface area (Å²) in [7, 11) is 0. The summed E-state index contributed by atoms with van der Waals surface area (Å²) in [5.41, 5.74) is -0.244. The Morgan fingerprint density at radius 3 is 2.50 bits per heavy atom. The van der Waals surface area contributed by atoms with Crippen LogP contribution in [0, 0.1) is 21.7 Å². The monoisotopic (exact) mass is 305 g/mol. The number of carbonyl (C=O) groups excluding carboxylic acids is 1. The molecule has 0 amide bonds. The molecule has 2 aromatic carbocycles. The molecule has 22 heavy (non-hydrogen) atoms. The van der Waals surface area contributed by atoms with Crippen molar-refractivity contribution in [3.05, 3.63) is 75.3 Å². The second kappa shape index (κ2) is 6.13. The van der Waals surface area contributed by atoms with Crippen LogP contribution in [0.4, 0.5) is 14.5 Å².